The fourth-order valence-electron chi connectivity index (χ4n) is 1.84. The second kappa shape index (κ2) is 5.65. The number of amides is 1. The van der Waals surface area contributed by atoms with Gasteiger partial charge in [0.1, 0.15) is 4.99 Å². The number of rotatable bonds is 4. The first-order chi connectivity index (χ1) is 9.29. The van der Waals surface area contributed by atoms with E-state index in [1.54, 1.807) is 0 Å². The van der Waals surface area contributed by atoms with Crippen molar-refractivity contribution in [2.24, 2.45) is 5.73 Å². The maximum Gasteiger partial charge on any atom is 0.240 e. The Kier molecular flexibility index (Phi) is 4.28. The SMILES string of the molecule is NC(=S)c1ccc(S(=O)(=O)NC2CNC(=O)C2)cc1Cl. The summed E-state index contributed by atoms with van der Waals surface area (Å²) in [7, 11) is -3.74. The van der Waals surface area contributed by atoms with Crippen LogP contribution >= 0.6 is 23.8 Å². The van der Waals surface area contributed by atoms with E-state index in [4.69, 9.17) is 29.6 Å². The summed E-state index contributed by atoms with van der Waals surface area (Å²) in [5.74, 6) is -0.181. The van der Waals surface area contributed by atoms with Crippen molar-refractivity contribution in [2.45, 2.75) is 17.4 Å². The van der Waals surface area contributed by atoms with Gasteiger partial charge in [0.15, 0.2) is 0 Å². The van der Waals surface area contributed by atoms with E-state index in [0.717, 1.165) is 0 Å². The summed E-state index contributed by atoms with van der Waals surface area (Å²) < 4.78 is 26.8. The first-order valence-electron chi connectivity index (χ1n) is 5.68. The molecule has 1 aliphatic rings. The molecule has 108 valence electrons. The molecule has 1 unspecified atom stereocenters. The van der Waals surface area contributed by atoms with Crippen molar-refractivity contribution in [3.63, 3.8) is 0 Å². The fraction of sp³-hybridized carbons (Fsp3) is 0.273. The second-order valence-corrected chi connectivity index (χ2v) is 6.89. The molecule has 4 N–H and O–H groups in total. The quantitative estimate of drug-likeness (QED) is 0.680. The first-order valence-corrected chi connectivity index (χ1v) is 7.95. The predicted octanol–water partition coefficient (Wildman–Crippen LogP) is 0.141. The molecule has 1 fully saturated rings. The van der Waals surface area contributed by atoms with Gasteiger partial charge in [-0.2, -0.15) is 0 Å². The Morgan fingerprint density at radius 3 is 2.70 bits per heavy atom. The van der Waals surface area contributed by atoms with E-state index in [9.17, 15) is 13.2 Å². The first kappa shape index (κ1) is 15.2. The van der Waals surface area contributed by atoms with Crippen molar-refractivity contribution in [2.75, 3.05) is 6.54 Å². The Morgan fingerprint density at radius 2 is 2.20 bits per heavy atom. The molecule has 0 bridgehead atoms. The third-order valence-electron chi connectivity index (χ3n) is 2.82. The maximum absolute atomic E-state index is 12.2. The number of sulfonamides is 1. The van der Waals surface area contributed by atoms with Crippen LogP contribution < -0.4 is 15.8 Å². The number of carbonyl (C=O) groups excluding carboxylic acids is 1. The number of nitrogens with one attached hydrogen (secondary N) is 2. The second-order valence-electron chi connectivity index (χ2n) is 4.33. The third kappa shape index (κ3) is 3.26. The molecular weight excluding hydrogens is 322 g/mol. The molecule has 1 heterocycles. The van der Waals surface area contributed by atoms with Crippen LogP contribution in [0.4, 0.5) is 0 Å². The minimum atomic E-state index is -3.74. The predicted molar refractivity (Wildman–Crippen MR) is 79.1 cm³/mol. The lowest BCUT2D eigenvalue weighted by atomic mass is 10.2. The van der Waals surface area contributed by atoms with Gasteiger partial charge in [0.25, 0.3) is 0 Å². The van der Waals surface area contributed by atoms with Crippen LogP contribution in [-0.2, 0) is 14.8 Å². The zero-order chi connectivity index (χ0) is 14.9. The molecule has 20 heavy (non-hydrogen) atoms. The summed E-state index contributed by atoms with van der Waals surface area (Å²) in [5, 5.41) is 2.72. The molecule has 0 saturated carbocycles. The normalized spacial score (nSPS) is 18.9. The van der Waals surface area contributed by atoms with Gasteiger partial charge in [0.2, 0.25) is 15.9 Å². The summed E-state index contributed by atoms with van der Waals surface area (Å²) >= 11 is 10.7. The number of halogens is 1. The minimum absolute atomic E-state index is 0.00171. The fourth-order valence-corrected chi connectivity index (χ4v) is 3.68. The highest BCUT2D eigenvalue weighted by molar-refractivity contribution is 7.89. The number of carbonyl (C=O) groups is 1. The largest absolute Gasteiger partial charge is 0.389 e. The molecule has 0 radical (unpaired) electrons. The lowest BCUT2D eigenvalue weighted by molar-refractivity contribution is -0.119. The highest BCUT2D eigenvalue weighted by atomic mass is 35.5. The molecular formula is C11H12ClN3O3S2. The van der Waals surface area contributed by atoms with Crippen molar-refractivity contribution in [1.82, 2.24) is 10.0 Å². The standard InChI is InChI=1S/C11H12ClN3O3S2/c12-9-4-7(1-2-8(9)11(13)19)20(17,18)15-6-3-10(16)14-5-6/h1-2,4,6,15H,3,5H2,(H2,13,19)(H,14,16). The maximum atomic E-state index is 12.2. The number of benzene rings is 1. The average Bonchev–Trinajstić information content (AvgIpc) is 2.73. The molecule has 9 heteroatoms. The number of hydrogen-bond acceptors (Lipinski definition) is 4. The Hall–Kier alpha value is -1.22. The lowest BCUT2D eigenvalue weighted by Crippen LogP contribution is -2.36. The van der Waals surface area contributed by atoms with Gasteiger partial charge in [0.05, 0.1) is 9.92 Å². The summed E-state index contributed by atoms with van der Waals surface area (Å²) in [6.07, 6.45) is 0.123. The molecule has 1 aliphatic heterocycles. The molecule has 1 atom stereocenters. The molecule has 1 amide bonds. The summed E-state index contributed by atoms with van der Waals surface area (Å²) in [4.78, 5) is 11.2. The van der Waals surface area contributed by atoms with Crippen molar-refractivity contribution in [3.05, 3.63) is 28.8 Å². The summed E-state index contributed by atoms with van der Waals surface area (Å²) in [6.45, 7) is 0.275. The average molecular weight is 334 g/mol. The van der Waals surface area contributed by atoms with Crippen LogP contribution in [0.1, 0.15) is 12.0 Å². The Balaban J connectivity index is 2.23. The van der Waals surface area contributed by atoms with E-state index in [2.05, 4.69) is 10.0 Å². The van der Waals surface area contributed by atoms with Gasteiger partial charge in [-0.1, -0.05) is 23.8 Å². The highest BCUT2D eigenvalue weighted by Gasteiger charge is 2.27. The van der Waals surface area contributed by atoms with Gasteiger partial charge in [-0.15, -0.1) is 0 Å². The van der Waals surface area contributed by atoms with Crippen LogP contribution in [-0.4, -0.2) is 31.9 Å². The third-order valence-corrected chi connectivity index (χ3v) is 4.87. The molecule has 1 saturated heterocycles. The van der Waals surface area contributed by atoms with E-state index in [1.165, 1.54) is 18.2 Å². The zero-order valence-corrected chi connectivity index (χ0v) is 12.6. The molecule has 0 aromatic heterocycles. The molecule has 2 rings (SSSR count). The van der Waals surface area contributed by atoms with Crippen LogP contribution in [0.5, 0.6) is 0 Å². The number of hydrogen-bond donors (Lipinski definition) is 3. The van der Waals surface area contributed by atoms with E-state index in [0.29, 0.717) is 5.56 Å². The van der Waals surface area contributed by atoms with E-state index in [-0.39, 0.29) is 33.8 Å². The van der Waals surface area contributed by atoms with Gasteiger partial charge in [-0.25, -0.2) is 13.1 Å². The number of thiocarbonyl (C=S) groups is 1. The van der Waals surface area contributed by atoms with Crippen molar-refractivity contribution < 1.29 is 13.2 Å². The molecule has 1 aromatic carbocycles. The zero-order valence-electron chi connectivity index (χ0n) is 10.2. The van der Waals surface area contributed by atoms with Crippen LogP contribution in [0.15, 0.2) is 23.1 Å². The highest BCUT2D eigenvalue weighted by Crippen LogP contribution is 2.21. The number of nitrogens with two attached hydrogens (primary N) is 1. The molecule has 6 nitrogen and oxygen atoms in total. The van der Waals surface area contributed by atoms with E-state index >= 15 is 0 Å². The van der Waals surface area contributed by atoms with E-state index < -0.39 is 16.1 Å². The summed E-state index contributed by atoms with van der Waals surface area (Å²) in [6, 6.07) is 3.65. The van der Waals surface area contributed by atoms with Gasteiger partial charge in [-0.3, -0.25) is 4.79 Å². The van der Waals surface area contributed by atoms with Crippen LogP contribution in [0, 0.1) is 0 Å². The Morgan fingerprint density at radius 1 is 1.50 bits per heavy atom. The van der Waals surface area contributed by atoms with Crippen molar-refractivity contribution in [3.8, 4) is 0 Å². The minimum Gasteiger partial charge on any atom is -0.389 e. The van der Waals surface area contributed by atoms with Gasteiger partial charge < -0.3 is 11.1 Å². The van der Waals surface area contributed by atoms with Gasteiger partial charge in [-0.05, 0) is 18.2 Å². The Bertz CT molecular complexity index is 675. The lowest BCUT2D eigenvalue weighted by Gasteiger charge is -2.12. The van der Waals surface area contributed by atoms with Crippen LogP contribution in [0.25, 0.3) is 0 Å². The van der Waals surface area contributed by atoms with Gasteiger partial charge >= 0.3 is 0 Å². The Labute approximate surface area is 126 Å². The monoisotopic (exact) mass is 333 g/mol. The topological polar surface area (TPSA) is 101 Å². The summed E-state index contributed by atoms with van der Waals surface area (Å²) in [5.41, 5.74) is 5.87. The van der Waals surface area contributed by atoms with E-state index in [1.807, 2.05) is 0 Å². The van der Waals surface area contributed by atoms with Gasteiger partial charge in [0, 0.05) is 24.6 Å². The van der Waals surface area contributed by atoms with Crippen molar-refractivity contribution >= 4 is 44.7 Å². The van der Waals surface area contributed by atoms with Crippen LogP contribution in [0.2, 0.25) is 5.02 Å². The molecule has 1 aromatic rings. The smallest absolute Gasteiger partial charge is 0.240 e. The molecule has 0 aliphatic carbocycles. The van der Waals surface area contributed by atoms with Crippen molar-refractivity contribution in [1.29, 1.82) is 0 Å². The van der Waals surface area contributed by atoms with Crippen LogP contribution in [0.3, 0.4) is 0 Å². The molecule has 0 spiro atoms.